The largest absolute Gasteiger partial charge is 0.493 e. The molecule has 4 rings (SSSR count). The number of carbonyl (C=O) groups excluding carboxylic acids is 1. The number of nitrogens with zero attached hydrogens (tertiary/aromatic N) is 1. The molecule has 1 atom stereocenters. The van der Waals surface area contributed by atoms with Crippen LogP contribution in [0.2, 0.25) is 0 Å². The molecular weight excluding hydrogens is 432 g/mol. The molecular formula is C27H32N2O3S. The number of ether oxygens (including phenoxy) is 2. The summed E-state index contributed by atoms with van der Waals surface area (Å²) in [7, 11) is 3.33. The molecule has 1 aromatic heterocycles. The summed E-state index contributed by atoms with van der Waals surface area (Å²) < 4.78 is 11.1. The van der Waals surface area contributed by atoms with Gasteiger partial charge in [-0.2, -0.15) is 0 Å². The zero-order chi connectivity index (χ0) is 23.4. The predicted octanol–water partition coefficient (Wildman–Crippen LogP) is 5.48. The molecule has 0 fully saturated rings. The Balaban J connectivity index is 1.64. The molecule has 0 saturated carbocycles. The number of benzene rings is 2. The highest BCUT2D eigenvalue weighted by Gasteiger charge is 2.32. The summed E-state index contributed by atoms with van der Waals surface area (Å²) in [4.78, 5) is 16.8. The number of thiophene rings is 1. The molecule has 174 valence electrons. The molecule has 1 aliphatic rings. The quantitative estimate of drug-likeness (QED) is 0.480. The van der Waals surface area contributed by atoms with E-state index >= 15 is 0 Å². The van der Waals surface area contributed by atoms with Gasteiger partial charge in [0.2, 0.25) is 5.91 Å². The lowest BCUT2D eigenvalue weighted by atomic mass is 9.91. The average Bonchev–Trinajstić information content (AvgIpc) is 3.37. The van der Waals surface area contributed by atoms with Gasteiger partial charge in [-0.15, -0.1) is 11.3 Å². The van der Waals surface area contributed by atoms with Crippen LogP contribution in [0.25, 0.3) is 0 Å². The third-order valence-electron chi connectivity index (χ3n) is 6.40. The van der Waals surface area contributed by atoms with Crippen LogP contribution in [0.3, 0.4) is 0 Å². The lowest BCUT2D eigenvalue weighted by Gasteiger charge is -2.37. The third kappa shape index (κ3) is 4.77. The standard InChI is InChI=1S/C27H32N2O3S/c1-5-18-9-7-10-19(6-2)26(18)28-25(30)17-29-13-12-20-15-22(31-3)23(32-4)16-21(20)27(29)24-11-8-14-33-24/h7-11,14-16,27H,5-6,12-13,17H2,1-4H3,(H,28,30). The van der Waals surface area contributed by atoms with Gasteiger partial charge in [-0.25, -0.2) is 0 Å². The Morgan fingerprint density at radius 1 is 1.06 bits per heavy atom. The van der Waals surface area contributed by atoms with E-state index < -0.39 is 0 Å². The molecule has 2 heterocycles. The maximum absolute atomic E-state index is 13.3. The first-order valence-electron chi connectivity index (χ1n) is 11.5. The number of fused-ring (bicyclic) bond motifs is 1. The zero-order valence-corrected chi connectivity index (χ0v) is 20.6. The Labute approximate surface area is 200 Å². The lowest BCUT2D eigenvalue weighted by Crippen LogP contribution is -2.41. The van der Waals surface area contributed by atoms with Gasteiger partial charge in [0.15, 0.2) is 11.5 Å². The molecule has 1 unspecified atom stereocenters. The molecule has 1 N–H and O–H groups in total. The van der Waals surface area contributed by atoms with E-state index in [0.29, 0.717) is 12.3 Å². The number of rotatable bonds is 8. The van der Waals surface area contributed by atoms with Crippen molar-refractivity contribution in [3.8, 4) is 11.5 Å². The van der Waals surface area contributed by atoms with E-state index in [0.717, 1.165) is 37.2 Å². The van der Waals surface area contributed by atoms with Crippen molar-refractivity contribution in [2.24, 2.45) is 0 Å². The van der Waals surface area contributed by atoms with Crippen LogP contribution in [0.15, 0.2) is 47.8 Å². The number of amides is 1. The van der Waals surface area contributed by atoms with Crippen LogP contribution >= 0.6 is 11.3 Å². The van der Waals surface area contributed by atoms with Crippen LogP contribution in [0.4, 0.5) is 5.69 Å². The van der Waals surface area contributed by atoms with Gasteiger partial charge >= 0.3 is 0 Å². The van der Waals surface area contributed by atoms with Crippen molar-refractivity contribution in [1.29, 1.82) is 0 Å². The first-order chi connectivity index (χ1) is 16.1. The Morgan fingerprint density at radius 3 is 2.36 bits per heavy atom. The minimum Gasteiger partial charge on any atom is -0.493 e. The molecule has 0 bridgehead atoms. The van der Waals surface area contributed by atoms with E-state index in [1.165, 1.54) is 27.1 Å². The molecule has 6 heteroatoms. The zero-order valence-electron chi connectivity index (χ0n) is 19.8. The number of anilines is 1. The summed E-state index contributed by atoms with van der Waals surface area (Å²) in [6.07, 6.45) is 2.64. The molecule has 0 aliphatic carbocycles. The van der Waals surface area contributed by atoms with Crippen molar-refractivity contribution in [1.82, 2.24) is 4.90 Å². The van der Waals surface area contributed by atoms with E-state index in [-0.39, 0.29) is 11.9 Å². The number of methoxy groups -OCH3 is 2. The monoisotopic (exact) mass is 464 g/mol. The Hall–Kier alpha value is -2.83. The summed E-state index contributed by atoms with van der Waals surface area (Å²) in [6.45, 7) is 5.38. The van der Waals surface area contributed by atoms with Crippen molar-refractivity contribution in [3.63, 3.8) is 0 Å². The van der Waals surface area contributed by atoms with Gasteiger partial charge in [-0.05, 0) is 65.1 Å². The second kappa shape index (κ2) is 10.4. The SMILES string of the molecule is CCc1cccc(CC)c1NC(=O)CN1CCc2cc(OC)c(OC)cc2C1c1cccs1. The molecule has 1 aliphatic heterocycles. The highest BCUT2D eigenvalue weighted by atomic mass is 32.1. The number of para-hydroxylation sites is 1. The van der Waals surface area contributed by atoms with Crippen LogP contribution < -0.4 is 14.8 Å². The summed E-state index contributed by atoms with van der Waals surface area (Å²) in [5, 5.41) is 5.33. The van der Waals surface area contributed by atoms with Crippen LogP contribution in [0, 0.1) is 0 Å². The average molecular weight is 465 g/mol. The second-order valence-corrected chi connectivity index (χ2v) is 9.23. The van der Waals surface area contributed by atoms with Crippen molar-refractivity contribution in [2.45, 2.75) is 39.2 Å². The summed E-state index contributed by atoms with van der Waals surface area (Å²) in [5.41, 5.74) is 5.75. The fourth-order valence-electron chi connectivity index (χ4n) is 4.71. The number of hydrogen-bond donors (Lipinski definition) is 1. The van der Waals surface area contributed by atoms with Gasteiger partial charge in [0.25, 0.3) is 0 Å². The minimum atomic E-state index is 0.00590. The fraction of sp³-hybridized carbons (Fsp3) is 0.370. The van der Waals surface area contributed by atoms with E-state index in [4.69, 9.17) is 9.47 Å². The summed E-state index contributed by atoms with van der Waals surface area (Å²) in [6, 6.07) is 14.6. The van der Waals surface area contributed by atoms with Crippen molar-refractivity contribution >= 4 is 22.9 Å². The van der Waals surface area contributed by atoms with Crippen molar-refractivity contribution < 1.29 is 14.3 Å². The van der Waals surface area contributed by atoms with E-state index in [9.17, 15) is 4.79 Å². The normalized spacial score (nSPS) is 15.7. The predicted molar refractivity (Wildman–Crippen MR) is 135 cm³/mol. The molecule has 0 saturated heterocycles. The minimum absolute atomic E-state index is 0.00590. The van der Waals surface area contributed by atoms with E-state index in [1.807, 2.05) is 0 Å². The molecule has 0 spiro atoms. The van der Waals surface area contributed by atoms with Gasteiger partial charge in [-0.3, -0.25) is 9.69 Å². The van der Waals surface area contributed by atoms with E-state index in [2.05, 4.69) is 71.9 Å². The topological polar surface area (TPSA) is 50.8 Å². The summed E-state index contributed by atoms with van der Waals surface area (Å²) in [5.74, 6) is 1.49. The van der Waals surface area contributed by atoms with Gasteiger partial charge in [0.1, 0.15) is 0 Å². The third-order valence-corrected chi connectivity index (χ3v) is 7.32. The number of hydrogen-bond acceptors (Lipinski definition) is 5. The molecule has 0 radical (unpaired) electrons. The van der Waals surface area contributed by atoms with Crippen molar-refractivity contribution in [2.75, 3.05) is 32.6 Å². The maximum atomic E-state index is 13.3. The van der Waals surface area contributed by atoms with Crippen LogP contribution in [0.5, 0.6) is 11.5 Å². The van der Waals surface area contributed by atoms with Crippen LogP contribution in [0.1, 0.15) is 47.0 Å². The summed E-state index contributed by atoms with van der Waals surface area (Å²) >= 11 is 1.72. The smallest absolute Gasteiger partial charge is 0.238 e. The van der Waals surface area contributed by atoms with Gasteiger partial charge in [0, 0.05) is 17.1 Å². The molecule has 33 heavy (non-hydrogen) atoms. The van der Waals surface area contributed by atoms with Crippen LogP contribution in [-0.4, -0.2) is 38.1 Å². The first-order valence-corrected chi connectivity index (χ1v) is 12.4. The number of carbonyl (C=O) groups is 1. The molecule has 5 nitrogen and oxygen atoms in total. The second-order valence-electron chi connectivity index (χ2n) is 8.25. The Bertz CT molecular complexity index is 1090. The van der Waals surface area contributed by atoms with Crippen LogP contribution in [-0.2, 0) is 24.1 Å². The Kier molecular flexibility index (Phi) is 7.36. The number of nitrogens with one attached hydrogen (secondary N) is 1. The van der Waals surface area contributed by atoms with Crippen molar-refractivity contribution in [3.05, 3.63) is 75.0 Å². The highest BCUT2D eigenvalue weighted by Crippen LogP contribution is 2.42. The molecule has 2 aromatic carbocycles. The van der Waals surface area contributed by atoms with Gasteiger partial charge in [0.05, 0.1) is 26.8 Å². The molecule has 3 aromatic rings. The van der Waals surface area contributed by atoms with Gasteiger partial charge < -0.3 is 14.8 Å². The molecule has 1 amide bonds. The lowest BCUT2D eigenvalue weighted by molar-refractivity contribution is -0.117. The fourth-order valence-corrected chi connectivity index (χ4v) is 5.59. The van der Waals surface area contributed by atoms with Gasteiger partial charge in [-0.1, -0.05) is 38.1 Å². The first kappa shape index (κ1) is 23.3. The van der Waals surface area contributed by atoms with E-state index in [1.54, 1.807) is 25.6 Å². The maximum Gasteiger partial charge on any atom is 0.238 e. The highest BCUT2D eigenvalue weighted by molar-refractivity contribution is 7.10. The Morgan fingerprint density at radius 2 is 1.76 bits per heavy atom. The number of aryl methyl sites for hydroxylation is 2.